The Morgan fingerprint density at radius 2 is 1.63 bits per heavy atom. The van der Waals surface area contributed by atoms with Gasteiger partial charge in [0.05, 0.1) is 17.0 Å². The highest BCUT2D eigenvalue weighted by Crippen LogP contribution is 2.27. The van der Waals surface area contributed by atoms with E-state index in [0.29, 0.717) is 17.1 Å². The van der Waals surface area contributed by atoms with Crippen LogP contribution in [0.4, 0.5) is 10.1 Å². The molecule has 0 bridgehead atoms. The highest BCUT2D eigenvalue weighted by molar-refractivity contribution is 7.92. The van der Waals surface area contributed by atoms with Gasteiger partial charge in [0.2, 0.25) is 21.8 Å². The van der Waals surface area contributed by atoms with Crippen molar-refractivity contribution in [3.8, 4) is 0 Å². The van der Waals surface area contributed by atoms with Crippen LogP contribution in [0.5, 0.6) is 0 Å². The number of rotatable bonds is 12. The summed E-state index contributed by atoms with van der Waals surface area (Å²) in [7, 11) is -4.03. The second-order valence-corrected chi connectivity index (χ2v) is 13.1. The highest BCUT2D eigenvalue weighted by Gasteiger charge is 2.33. The van der Waals surface area contributed by atoms with Crippen LogP contribution in [-0.4, -0.2) is 50.5 Å². The van der Waals surface area contributed by atoms with Crippen molar-refractivity contribution < 1.29 is 22.4 Å². The Bertz CT molecular complexity index is 1490. The first kappa shape index (κ1) is 32.7. The maximum Gasteiger partial charge on any atom is 0.244 e. The molecule has 1 atom stereocenters. The first-order chi connectivity index (χ1) is 19.3. The molecule has 3 aromatic carbocycles. The van der Waals surface area contributed by atoms with Crippen molar-refractivity contribution in [2.24, 2.45) is 5.92 Å². The summed E-state index contributed by atoms with van der Waals surface area (Å²) in [5.74, 6) is -1.67. The molecule has 0 spiro atoms. The molecule has 0 fully saturated rings. The summed E-state index contributed by atoms with van der Waals surface area (Å²) in [6.45, 7) is 3.48. The van der Waals surface area contributed by atoms with E-state index in [9.17, 15) is 22.4 Å². The molecule has 12 heteroatoms. The summed E-state index contributed by atoms with van der Waals surface area (Å²) in [5, 5.41) is 3.27. The molecule has 2 amide bonds. The van der Waals surface area contributed by atoms with Crippen LogP contribution in [-0.2, 0) is 32.6 Å². The second kappa shape index (κ2) is 14.4. The fourth-order valence-electron chi connectivity index (χ4n) is 4.06. The molecule has 0 heterocycles. The molecule has 0 aliphatic rings. The zero-order valence-electron chi connectivity index (χ0n) is 22.8. The normalized spacial score (nSPS) is 12.2. The van der Waals surface area contributed by atoms with Crippen molar-refractivity contribution in [3.63, 3.8) is 0 Å². The van der Waals surface area contributed by atoms with Gasteiger partial charge < -0.3 is 10.2 Å². The molecule has 0 radical (unpaired) electrons. The summed E-state index contributed by atoms with van der Waals surface area (Å²) < 4.78 is 40.3. The van der Waals surface area contributed by atoms with Gasteiger partial charge in [0, 0.05) is 29.6 Å². The maximum atomic E-state index is 14.0. The van der Waals surface area contributed by atoms with Gasteiger partial charge in [0.15, 0.2) is 0 Å². The van der Waals surface area contributed by atoms with E-state index >= 15 is 0 Å². The first-order valence-electron chi connectivity index (χ1n) is 12.7. The van der Waals surface area contributed by atoms with E-state index in [2.05, 4.69) is 5.32 Å². The topological polar surface area (TPSA) is 86.8 Å². The van der Waals surface area contributed by atoms with Gasteiger partial charge in [-0.25, -0.2) is 12.8 Å². The van der Waals surface area contributed by atoms with E-state index in [0.717, 1.165) is 28.3 Å². The molecule has 41 heavy (non-hydrogen) atoms. The Labute approximate surface area is 255 Å². The Kier molecular flexibility index (Phi) is 11.4. The summed E-state index contributed by atoms with van der Waals surface area (Å²) in [6, 6.07) is 16.3. The number of carbonyl (C=O) groups excluding carboxylic acids is 2. The average Bonchev–Trinajstić information content (AvgIpc) is 2.90. The number of hydrogen-bond donors (Lipinski definition) is 1. The largest absolute Gasteiger partial charge is 0.354 e. The Morgan fingerprint density at radius 3 is 2.22 bits per heavy atom. The molecule has 0 saturated carbocycles. The third kappa shape index (κ3) is 9.33. The number of nitrogens with zero attached hydrogens (tertiary/aromatic N) is 2. The molecule has 0 saturated heterocycles. The molecule has 3 aromatic rings. The van der Waals surface area contributed by atoms with E-state index < -0.39 is 40.2 Å². The van der Waals surface area contributed by atoms with Crippen molar-refractivity contribution in [3.05, 3.63) is 98.7 Å². The van der Waals surface area contributed by atoms with Crippen molar-refractivity contribution in [2.75, 3.05) is 23.7 Å². The van der Waals surface area contributed by atoms with Gasteiger partial charge in [0.1, 0.15) is 18.4 Å². The van der Waals surface area contributed by atoms with Crippen molar-refractivity contribution in [2.45, 2.75) is 32.9 Å². The smallest absolute Gasteiger partial charge is 0.244 e. The molecule has 1 N–H and O–H groups in total. The number of carbonyl (C=O) groups is 2. The number of halogens is 4. The maximum absolute atomic E-state index is 14.0. The quantitative estimate of drug-likeness (QED) is 0.264. The summed E-state index contributed by atoms with van der Waals surface area (Å²) >= 11 is 18.4. The number of anilines is 1. The van der Waals surface area contributed by atoms with Crippen LogP contribution in [0.15, 0.2) is 66.7 Å². The fraction of sp³-hybridized carbons (Fsp3) is 0.310. The minimum atomic E-state index is -4.03. The lowest BCUT2D eigenvalue weighted by Crippen LogP contribution is -2.53. The summed E-state index contributed by atoms with van der Waals surface area (Å²) in [5.41, 5.74) is 1.30. The lowest BCUT2D eigenvalue weighted by Gasteiger charge is -2.34. The summed E-state index contributed by atoms with van der Waals surface area (Å²) in [6.07, 6.45) is 1.08. The van der Waals surface area contributed by atoms with Crippen LogP contribution in [0, 0.1) is 11.7 Å². The molecule has 0 aromatic heterocycles. The number of nitrogens with one attached hydrogen (secondary N) is 1. The lowest BCUT2D eigenvalue weighted by atomic mass is 10.0. The van der Waals surface area contributed by atoms with Crippen molar-refractivity contribution in [1.82, 2.24) is 10.2 Å². The van der Waals surface area contributed by atoms with Gasteiger partial charge >= 0.3 is 0 Å². The van der Waals surface area contributed by atoms with Crippen LogP contribution in [0.25, 0.3) is 0 Å². The fourth-order valence-corrected chi connectivity index (χ4v) is 5.55. The van der Waals surface area contributed by atoms with Gasteiger partial charge in [0.25, 0.3) is 0 Å². The monoisotopic (exact) mass is 641 g/mol. The number of benzene rings is 3. The molecule has 0 aliphatic heterocycles. The molecular formula is C29H31Cl3FN3O4S. The molecule has 7 nitrogen and oxygen atoms in total. The second-order valence-electron chi connectivity index (χ2n) is 9.97. The van der Waals surface area contributed by atoms with Crippen molar-refractivity contribution >= 4 is 62.3 Å². The van der Waals surface area contributed by atoms with Gasteiger partial charge in [-0.15, -0.1) is 0 Å². The molecular weight excluding hydrogens is 612 g/mol. The Balaban J connectivity index is 2.08. The Hall–Kier alpha value is -2.85. The van der Waals surface area contributed by atoms with E-state index in [1.807, 2.05) is 44.2 Å². The van der Waals surface area contributed by atoms with E-state index in [4.69, 9.17) is 34.8 Å². The zero-order chi connectivity index (χ0) is 30.3. The minimum Gasteiger partial charge on any atom is -0.354 e. The van der Waals surface area contributed by atoms with Crippen LogP contribution in [0.2, 0.25) is 15.1 Å². The first-order valence-corrected chi connectivity index (χ1v) is 15.7. The van der Waals surface area contributed by atoms with Crippen molar-refractivity contribution in [1.29, 1.82) is 0 Å². The van der Waals surface area contributed by atoms with Crippen LogP contribution in [0.1, 0.15) is 25.0 Å². The Morgan fingerprint density at radius 1 is 0.951 bits per heavy atom. The van der Waals surface area contributed by atoms with E-state index in [1.54, 1.807) is 12.1 Å². The molecule has 3 rings (SSSR count). The average molecular weight is 643 g/mol. The third-order valence-corrected chi connectivity index (χ3v) is 8.20. The SMILES string of the molecule is CC(C)CNC(=O)C(Cc1ccccc1)N(Cc1ccc(Cl)cc1Cl)C(=O)CN(c1ccc(F)c(Cl)c1)S(C)(=O)=O. The van der Waals surface area contributed by atoms with Gasteiger partial charge in [-0.2, -0.15) is 0 Å². The number of amides is 2. The predicted octanol–water partition coefficient (Wildman–Crippen LogP) is 5.96. The van der Waals surface area contributed by atoms with E-state index in [-0.39, 0.29) is 34.6 Å². The lowest BCUT2D eigenvalue weighted by molar-refractivity contribution is -0.140. The number of hydrogen-bond acceptors (Lipinski definition) is 4. The van der Waals surface area contributed by atoms with Gasteiger partial charge in [-0.3, -0.25) is 13.9 Å². The summed E-state index contributed by atoms with van der Waals surface area (Å²) in [4.78, 5) is 29.0. The van der Waals surface area contributed by atoms with Crippen LogP contribution in [0.3, 0.4) is 0 Å². The highest BCUT2D eigenvalue weighted by atomic mass is 35.5. The minimum absolute atomic E-state index is 0.000550. The predicted molar refractivity (Wildman–Crippen MR) is 162 cm³/mol. The zero-order valence-corrected chi connectivity index (χ0v) is 25.9. The van der Waals surface area contributed by atoms with Crippen LogP contribution >= 0.6 is 34.8 Å². The molecule has 0 aliphatic carbocycles. The molecule has 220 valence electrons. The molecule has 1 unspecified atom stereocenters. The number of sulfonamides is 1. The van der Waals surface area contributed by atoms with Gasteiger partial charge in [-0.05, 0) is 47.4 Å². The standard InChI is InChI=1S/C29H31Cl3FN3O4S/c1-19(2)16-34-29(38)27(13-20-7-5-4-6-8-20)35(17-21-9-10-22(30)14-24(21)31)28(37)18-36(41(3,39)40)23-11-12-26(33)25(32)15-23/h4-12,14-15,19,27H,13,16-18H2,1-3H3,(H,34,38). The third-order valence-electron chi connectivity index (χ3n) is 6.18. The van der Waals surface area contributed by atoms with E-state index in [1.165, 1.54) is 17.0 Å². The van der Waals surface area contributed by atoms with Crippen LogP contribution < -0.4 is 9.62 Å². The van der Waals surface area contributed by atoms with Gasteiger partial charge in [-0.1, -0.05) is 85.0 Å².